The van der Waals surface area contributed by atoms with Gasteiger partial charge in [0.05, 0.1) is 6.26 Å². The summed E-state index contributed by atoms with van der Waals surface area (Å²) in [4.78, 5) is 10.7. The van der Waals surface area contributed by atoms with E-state index in [1.165, 1.54) is 6.26 Å². The van der Waals surface area contributed by atoms with Crippen molar-refractivity contribution in [1.82, 2.24) is 14.3 Å². The second kappa shape index (κ2) is 4.14. The Morgan fingerprint density at radius 2 is 1.84 bits per heavy atom. The lowest BCUT2D eigenvalue weighted by molar-refractivity contribution is 0.227. The van der Waals surface area contributed by atoms with Crippen molar-refractivity contribution in [3.05, 3.63) is 18.0 Å². The molecule has 0 unspecified atom stereocenters. The molecule has 0 saturated carbocycles. The van der Waals surface area contributed by atoms with Crippen molar-refractivity contribution in [3.63, 3.8) is 0 Å². The molecule has 1 aromatic rings. The quantitative estimate of drug-likeness (QED) is 0.778. The molecule has 0 radical (unpaired) electrons. The Labute approximate surface area is 113 Å². The van der Waals surface area contributed by atoms with Crippen LogP contribution in [0.4, 0.5) is 5.95 Å². The molecule has 0 bridgehead atoms. The maximum Gasteiger partial charge on any atom is 0.225 e. The van der Waals surface area contributed by atoms with Crippen LogP contribution in [0, 0.1) is 12.3 Å². The third kappa shape index (κ3) is 2.32. The van der Waals surface area contributed by atoms with Crippen LogP contribution in [0.3, 0.4) is 0 Å². The Hall–Kier alpha value is -1.21. The molecular weight excluding hydrogens is 264 g/mol. The lowest BCUT2D eigenvalue weighted by atomic mass is 9.79. The molecule has 2 fully saturated rings. The number of aryl methyl sites for hydroxylation is 1. The summed E-state index contributed by atoms with van der Waals surface area (Å²) >= 11 is 0. The van der Waals surface area contributed by atoms with Gasteiger partial charge in [-0.1, -0.05) is 0 Å². The average molecular weight is 282 g/mol. The molecule has 2 aliphatic heterocycles. The zero-order chi connectivity index (χ0) is 13.7. The fraction of sp³-hybridized carbons (Fsp3) is 0.667. The van der Waals surface area contributed by atoms with Gasteiger partial charge >= 0.3 is 0 Å². The van der Waals surface area contributed by atoms with E-state index < -0.39 is 10.0 Å². The summed E-state index contributed by atoms with van der Waals surface area (Å²) in [5.41, 5.74) is 1.15. The zero-order valence-electron chi connectivity index (χ0n) is 11.2. The van der Waals surface area contributed by atoms with Crippen molar-refractivity contribution in [3.8, 4) is 0 Å². The lowest BCUT2D eigenvalue weighted by Crippen LogP contribution is -2.58. The van der Waals surface area contributed by atoms with Gasteiger partial charge in [-0.2, -0.15) is 0 Å². The van der Waals surface area contributed by atoms with Gasteiger partial charge < -0.3 is 4.90 Å². The molecule has 0 aromatic carbocycles. The van der Waals surface area contributed by atoms with Crippen molar-refractivity contribution in [2.75, 3.05) is 37.3 Å². The van der Waals surface area contributed by atoms with E-state index in [-0.39, 0.29) is 5.41 Å². The van der Waals surface area contributed by atoms with Gasteiger partial charge in [0.2, 0.25) is 16.0 Å². The lowest BCUT2D eigenvalue weighted by Gasteiger charge is -2.47. The normalized spacial score (nSPS) is 22.7. The molecule has 0 N–H and O–H groups in total. The second-order valence-electron chi connectivity index (χ2n) is 5.76. The summed E-state index contributed by atoms with van der Waals surface area (Å²) in [7, 11) is -3.05. The summed E-state index contributed by atoms with van der Waals surface area (Å²) in [6, 6.07) is 0. The molecule has 1 spiro atoms. The van der Waals surface area contributed by atoms with Gasteiger partial charge in [0.15, 0.2) is 0 Å². The van der Waals surface area contributed by atoms with E-state index in [2.05, 4.69) is 14.9 Å². The van der Waals surface area contributed by atoms with Crippen molar-refractivity contribution < 1.29 is 8.42 Å². The number of sulfonamides is 1. The first-order valence-electron chi connectivity index (χ1n) is 6.37. The summed E-state index contributed by atoms with van der Waals surface area (Å²) in [6.45, 7) is 4.93. The smallest absolute Gasteiger partial charge is 0.225 e. The van der Waals surface area contributed by atoms with Crippen molar-refractivity contribution in [2.45, 2.75) is 13.3 Å². The third-order valence-corrected chi connectivity index (χ3v) is 5.22. The van der Waals surface area contributed by atoms with Crippen LogP contribution in [-0.2, 0) is 10.0 Å². The van der Waals surface area contributed by atoms with Crippen molar-refractivity contribution in [2.24, 2.45) is 5.41 Å². The van der Waals surface area contributed by atoms with Crippen molar-refractivity contribution in [1.29, 1.82) is 0 Å². The number of nitrogens with zero attached hydrogens (tertiary/aromatic N) is 4. The molecule has 0 aliphatic carbocycles. The Balaban J connectivity index is 1.66. The molecule has 104 valence electrons. The number of hydrogen-bond donors (Lipinski definition) is 0. The van der Waals surface area contributed by atoms with Crippen LogP contribution in [-0.4, -0.2) is 55.1 Å². The first kappa shape index (κ1) is 12.8. The Morgan fingerprint density at radius 1 is 1.21 bits per heavy atom. The van der Waals surface area contributed by atoms with E-state index in [1.807, 2.05) is 19.3 Å². The molecule has 3 rings (SSSR count). The SMILES string of the molecule is Cc1cnc(N2CC3(CCN(S(C)(=O)=O)C3)C2)nc1. The maximum atomic E-state index is 11.5. The highest BCUT2D eigenvalue weighted by atomic mass is 32.2. The average Bonchev–Trinajstić information content (AvgIpc) is 2.73. The molecule has 6 nitrogen and oxygen atoms in total. The molecule has 0 atom stereocenters. The monoisotopic (exact) mass is 282 g/mol. The summed E-state index contributed by atoms with van der Waals surface area (Å²) in [5, 5.41) is 0. The highest BCUT2D eigenvalue weighted by Gasteiger charge is 2.50. The van der Waals surface area contributed by atoms with Crippen LogP contribution >= 0.6 is 0 Å². The van der Waals surface area contributed by atoms with Gasteiger partial charge in [-0.3, -0.25) is 0 Å². The first-order valence-corrected chi connectivity index (χ1v) is 8.22. The van der Waals surface area contributed by atoms with Gasteiger partial charge in [-0.15, -0.1) is 0 Å². The fourth-order valence-electron chi connectivity index (χ4n) is 2.89. The fourth-order valence-corrected chi connectivity index (χ4v) is 3.82. The molecule has 19 heavy (non-hydrogen) atoms. The summed E-state index contributed by atoms with van der Waals surface area (Å²) in [6.07, 6.45) is 5.84. The number of aromatic nitrogens is 2. The summed E-state index contributed by atoms with van der Waals surface area (Å²) < 4.78 is 24.7. The predicted octanol–water partition coefficient (Wildman–Crippen LogP) is 0.257. The Bertz CT molecular complexity index is 578. The minimum Gasteiger partial charge on any atom is -0.339 e. The zero-order valence-corrected chi connectivity index (χ0v) is 12.0. The molecule has 7 heteroatoms. The summed E-state index contributed by atoms with van der Waals surface area (Å²) in [5.74, 6) is 0.744. The Kier molecular flexibility index (Phi) is 2.79. The largest absolute Gasteiger partial charge is 0.339 e. The van der Waals surface area contributed by atoms with Crippen LogP contribution in [0.1, 0.15) is 12.0 Å². The first-order chi connectivity index (χ1) is 8.88. The molecule has 1 aromatic heterocycles. The maximum absolute atomic E-state index is 11.5. The van der Waals surface area contributed by atoms with Gasteiger partial charge in [-0.25, -0.2) is 22.7 Å². The van der Waals surface area contributed by atoms with Crippen molar-refractivity contribution >= 4 is 16.0 Å². The topological polar surface area (TPSA) is 66.4 Å². The van der Waals surface area contributed by atoms with E-state index in [1.54, 1.807) is 4.31 Å². The Morgan fingerprint density at radius 3 is 2.37 bits per heavy atom. The molecule has 2 saturated heterocycles. The highest BCUT2D eigenvalue weighted by Crippen LogP contribution is 2.41. The second-order valence-corrected chi connectivity index (χ2v) is 7.75. The highest BCUT2D eigenvalue weighted by molar-refractivity contribution is 7.88. The van der Waals surface area contributed by atoms with E-state index >= 15 is 0 Å². The van der Waals surface area contributed by atoms with Gasteiger partial charge in [0, 0.05) is 44.0 Å². The molecule has 0 amide bonds. The van der Waals surface area contributed by atoms with E-state index in [0.717, 1.165) is 31.0 Å². The molecular formula is C12H18N4O2S. The molecule has 2 aliphatic rings. The minimum atomic E-state index is -3.05. The number of hydrogen-bond acceptors (Lipinski definition) is 5. The van der Waals surface area contributed by atoms with Crippen LogP contribution in [0.15, 0.2) is 12.4 Å². The standard InChI is InChI=1S/C12H18N4O2S/c1-10-5-13-11(14-6-10)15-7-12(8-15)3-4-16(9-12)19(2,17)18/h5-6H,3-4,7-9H2,1-2H3. The predicted molar refractivity (Wildman–Crippen MR) is 72.4 cm³/mol. The minimum absolute atomic E-state index is 0.108. The molecule has 3 heterocycles. The number of anilines is 1. The van der Waals surface area contributed by atoms with Crippen LogP contribution in [0.5, 0.6) is 0 Å². The van der Waals surface area contributed by atoms with Gasteiger partial charge in [0.1, 0.15) is 0 Å². The third-order valence-electron chi connectivity index (χ3n) is 3.98. The number of rotatable bonds is 2. The van der Waals surface area contributed by atoms with Crippen LogP contribution in [0.2, 0.25) is 0 Å². The van der Waals surface area contributed by atoms with E-state index in [0.29, 0.717) is 13.1 Å². The van der Waals surface area contributed by atoms with Gasteiger partial charge in [-0.05, 0) is 18.9 Å². The van der Waals surface area contributed by atoms with E-state index in [4.69, 9.17) is 0 Å². The van der Waals surface area contributed by atoms with Gasteiger partial charge in [0.25, 0.3) is 0 Å². The van der Waals surface area contributed by atoms with Crippen LogP contribution in [0.25, 0.3) is 0 Å². The van der Waals surface area contributed by atoms with Crippen LogP contribution < -0.4 is 4.90 Å². The van der Waals surface area contributed by atoms with E-state index in [9.17, 15) is 8.42 Å².